The van der Waals surface area contributed by atoms with E-state index in [2.05, 4.69) is 44.2 Å². The number of ether oxygens (including phenoxy) is 1. The molecule has 1 aromatic carbocycles. The van der Waals surface area contributed by atoms with Gasteiger partial charge < -0.3 is 4.74 Å². The van der Waals surface area contributed by atoms with Crippen LogP contribution in [-0.2, 0) is 0 Å². The largest absolute Gasteiger partial charge is 0.486 e. The van der Waals surface area contributed by atoms with Gasteiger partial charge in [0.2, 0.25) is 0 Å². The molecule has 16 heavy (non-hydrogen) atoms. The highest BCUT2D eigenvalue weighted by Crippen LogP contribution is 2.18. The first-order valence-electron chi connectivity index (χ1n) is 5.82. The van der Waals surface area contributed by atoms with Crippen LogP contribution in [0.3, 0.4) is 0 Å². The lowest BCUT2D eigenvalue weighted by Gasteiger charge is -2.14. The normalized spacial score (nSPS) is 20.1. The molecule has 0 radical (unpaired) electrons. The van der Waals surface area contributed by atoms with E-state index in [-0.39, 0.29) is 6.10 Å². The monoisotopic (exact) mass is 214 g/mol. The Labute approximate surface area is 97.4 Å². The van der Waals surface area contributed by atoms with Crippen LogP contribution in [0, 0.1) is 6.92 Å². The minimum Gasteiger partial charge on any atom is -0.486 e. The molecule has 0 spiro atoms. The fourth-order valence-electron chi connectivity index (χ4n) is 1.79. The molecule has 0 saturated heterocycles. The van der Waals surface area contributed by atoms with E-state index < -0.39 is 0 Å². The van der Waals surface area contributed by atoms with E-state index in [0.29, 0.717) is 0 Å². The van der Waals surface area contributed by atoms with Crippen LogP contribution < -0.4 is 4.74 Å². The molecule has 1 heteroatoms. The van der Waals surface area contributed by atoms with Crippen LogP contribution in [0.2, 0.25) is 0 Å². The van der Waals surface area contributed by atoms with Gasteiger partial charge in [-0.25, -0.2) is 0 Å². The Morgan fingerprint density at radius 3 is 2.62 bits per heavy atom. The standard InChI is InChI=1S/C15H18O/c1-12-4-3-5-14(9-6-12)16-15-10-7-13(2)8-11-15/h4,6-11,14H,3,5H2,1-2H3. The van der Waals surface area contributed by atoms with Crippen LogP contribution in [0.25, 0.3) is 0 Å². The van der Waals surface area contributed by atoms with E-state index in [9.17, 15) is 0 Å². The number of aryl methyl sites for hydroxylation is 1. The van der Waals surface area contributed by atoms with Gasteiger partial charge in [-0.15, -0.1) is 0 Å². The van der Waals surface area contributed by atoms with Crippen molar-refractivity contribution in [1.82, 2.24) is 0 Å². The Bertz CT molecular complexity index is 398. The molecular weight excluding hydrogens is 196 g/mol. The molecule has 0 fully saturated rings. The van der Waals surface area contributed by atoms with Gasteiger partial charge in [0.15, 0.2) is 0 Å². The maximum atomic E-state index is 5.92. The molecular formula is C15H18O. The maximum absolute atomic E-state index is 5.92. The lowest BCUT2D eigenvalue weighted by Crippen LogP contribution is -2.12. The molecule has 0 amide bonds. The second kappa shape index (κ2) is 5.02. The fourth-order valence-corrected chi connectivity index (χ4v) is 1.79. The van der Waals surface area contributed by atoms with Crippen molar-refractivity contribution in [2.24, 2.45) is 0 Å². The quantitative estimate of drug-likeness (QED) is 0.722. The van der Waals surface area contributed by atoms with Crippen molar-refractivity contribution >= 4 is 0 Å². The Hall–Kier alpha value is -1.50. The average molecular weight is 214 g/mol. The highest BCUT2D eigenvalue weighted by atomic mass is 16.5. The predicted molar refractivity (Wildman–Crippen MR) is 67.7 cm³/mol. The highest BCUT2D eigenvalue weighted by Gasteiger charge is 2.08. The van der Waals surface area contributed by atoms with Crippen LogP contribution in [0.1, 0.15) is 25.3 Å². The van der Waals surface area contributed by atoms with Crippen molar-refractivity contribution in [3.05, 3.63) is 53.6 Å². The zero-order valence-corrected chi connectivity index (χ0v) is 9.94. The fraction of sp³-hybridized carbons (Fsp3) is 0.333. The molecule has 1 nitrogen and oxygen atoms in total. The minimum atomic E-state index is 0.205. The van der Waals surface area contributed by atoms with Crippen molar-refractivity contribution in [2.45, 2.75) is 32.8 Å². The van der Waals surface area contributed by atoms with E-state index in [0.717, 1.165) is 18.6 Å². The first kappa shape index (κ1) is 11.0. The molecule has 2 rings (SSSR count). The summed E-state index contributed by atoms with van der Waals surface area (Å²) in [5, 5.41) is 0. The van der Waals surface area contributed by atoms with Crippen molar-refractivity contribution in [1.29, 1.82) is 0 Å². The number of hydrogen-bond donors (Lipinski definition) is 0. The summed E-state index contributed by atoms with van der Waals surface area (Å²) in [5.74, 6) is 0.958. The zero-order valence-electron chi connectivity index (χ0n) is 9.94. The summed E-state index contributed by atoms with van der Waals surface area (Å²) in [6, 6.07) is 8.24. The van der Waals surface area contributed by atoms with Crippen LogP contribution >= 0.6 is 0 Å². The Balaban J connectivity index is 2.00. The number of allylic oxidation sites excluding steroid dienone is 3. The highest BCUT2D eigenvalue weighted by molar-refractivity contribution is 5.27. The maximum Gasteiger partial charge on any atom is 0.120 e. The van der Waals surface area contributed by atoms with Crippen molar-refractivity contribution in [3.8, 4) is 5.75 Å². The van der Waals surface area contributed by atoms with Crippen molar-refractivity contribution < 1.29 is 4.74 Å². The molecule has 0 heterocycles. The molecule has 0 bridgehead atoms. The second-order valence-electron chi connectivity index (χ2n) is 4.35. The number of rotatable bonds is 2. The first-order chi connectivity index (χ1) is 7.74. The van der Waals surface area contributed by atoms with Crippen LogP contribution in [0.15, 0.2) is 48.1 Å². The molecule has 0 aliphatic heterocycles. The Morgan fingerprint density at radius 2 is 1.88 bits per heavy atom. The summed E-state index contributed by atoms with van der Waals surface area (Å²) in [6.45, 7) is 4.22. The molecule has 1 aliphatic rings. The Morgan fingerprint density at radius 1 is 1.12 bits per heavy atom. The summed E-state index contributed by atoms with van der Waals surface area (Å²) in [5.41, 5.74) is 2.59. The molecule has 0 saturated carbocycles. The van der Waals surface area contributed by atoms with Gasteiger partial charge in [-0.3, -0.25) is 0 Å². The summed E-state index contributed by atoms with van der Waals surface area (Å²) in [6.07, 6.45) is 8.91. The third-order valence-electron chi connectivity index (χ3n) is 2.80. The lowest BCUT2D eigenvalue weighted by atomic mass is 10.2. The number of benzene rings is 1. The number of hydrogen-bond acceptors (Lipinski definition) is 1. The summed E-state index contributed by atoms with van der Waals surface area (Å²) in [4.78, 5) is 0. The molecule has 1 atom stereocenters. The van der Waals surface area contributed by atoms with E-state index in [1.54, 1.807) is 0 Å². The third kappa shape index (κ3) is 2.99. The van der Waals surface area contributed by atoms with E-state index in [4.69, 9.17) is 4.74 Å². The van der Waals surface area contributed by atoms with Crippen molar-refractivity contribution in [3.63, 3.8) is 0 Å². The molecule has 0 N–H and O–H groups in total. The van der Waals surface area contributed by atoms with Gasteiger partial charge in [0.05, 0.1) is 0 Å². The topological polar surface area (TPSA) is 9.23 Å². The van der Waals surface area contributed by atoms with Gasteiger partial charge >= 0.3 is 0 Å². The van der Waals surface area contributed by atoms with Crippen LogP contribution in [0.5, 0.6) is 5.75 Å². The van der Waals surface area contributed by atoms with E-state index >= 15 is 0 Å². The minimum absolute atomic E-state index is 0.205. The SMILES string of the molecule is CC1=CCCC(Oc2ccc(C)cc2)C=C1. The molecule has 1 aromatic rings. The van der Waals surface area contributed by atoms with Gasteiger partial charge in [0.1, 0.15) is 11.9 Å². The van der Waals surface area contributed by atoms with Gasteiger partial charge in [0.25, 0.3) is 0 Å². The lowest BCUT2D eigenvalue weighted by molar-refractivity contribution is 0.240. The van der Waals surface area contributed by atoms with Gasteiger partial charge in [-0.1, -0.05) is 35.4 Å². The Kier molecular flexibility index (Phi) is 3.45. The molecule has 84 valence electrons. The van der Waals surface area contributed by atoms with E-state index in [1.807, 2.05) is 12.1 Å². The van der Waals surface area contributed by atoms with E-state index in [1.165, 1.54) is 11.1 Å². The van der Waals surface area contributed by atoms with Crippen LogP contribution in [0.4, 0.5) is 0 Å². The third-order valence-corrected chi connectivity index (χ3v) is 2.80. The molecule has 1 aliphatic carbocycles. The van der Waals surface area contributed by atoms with Gasteiger partial charge in [-0.2, -0.15) is 0 Å². The zero-order chi connectivity index (χ0) is 11.4. The first-order valence-corrected chi connectivity index (χ1v) is 5.82. The summed E-state index contributed by atoms with van der Waals surface area (Å²) >= 11 is 0. The van der Waals surface area contributed by atoms with Crippen molar-refractivity contribution in [2.75, 3.05) is 0 Å². The average Bonchev–Trinajstić information content (AvgIpc) is 2.47. The second-order valence-corrected chi connectivity index (χ2v) is 4.35. The van der Waals surface area contributed by atoms with Crippen LogP contribution in [-0.4, -0.2) is 6.10 Å². The molecule has 0 aromatic heterocycles. The van der Waals surface area contributed by atoms with Gasteiger partial charge in [0, 0.05) is 0 Å². The predicted octanol–water partition coefficient (Wildman–Crippen LogP) is 4.04. The smallest absolute Gasteiger partial charge is 0.120 e. The summed E-state index contributed by atoms with van der Waals surface area (Å²) in [7, 11) is 0. The summed E-state index contributed by atoms with van der Waals surface area (Å²) < 4.78 is 5.92. The van der Waals surface area contributed by atoms with Gasteiger partial charge in [-0.05, 0) is 44.9 Å². The molecule has 1 unspecified atom stereocenters.